The van der Waals surface area contributed by atoms with E-state index in [9.17, 15) is 4.39 Å². The second kappa shape index (κ2) is 10.9. The zero-order valence-electron chi connectivity index (χ0n) is 18.2. The van der Waals surface area contributed by atoms with E-state index in [-0.39, 0.29) is 11.4 Å². The first-order valence-electron chi connectivity index (χ1n) is 11.3. The van der Waals surface area contributed by atoms with Gasteiger partial charge in [0.05, 0.1) is 6.54 Å². The first-order valence-corrected chi connectivity index (χ1v) is 11.3. The van der Waals surface area contributed by atoms with Gasteiger partial charge in [-0.25, -0.2) is 4.39 Å². The first-order chi connectivity index (χ1) is 14.1. The van der Waals surface area contributed by atoms with E-state index in [1.807, 2.05) is 12.1 Å². The van der Waals surface area contributed by atoms with E-state index in [1.54, 1.807) is 6.07 Å². The Labute approximate surface area is 175 Å². The van der Waals surface area contributed by atoms with Gasteiger partial charge in [0.1, 0.15) is 5.82 Å². The third kappa shape index (κ3) is 6.16. The van der Waals surface area contributed by atoms with Crippen molar-refractivity contribution in [3.05, 3.63) is 35.6 Å². The SMILES string of the molecule is CCNC(=NCC1(N2CCCCC2)CCN(C)CC1)NCCc1ccccc1F. The summed E-state index contributed by atoms with van der Waals surface area (Å²) in [7, 11) is 2.22. The highest BCUT2D eigenvalue weighted by atomic mass is 19.1. The minimum Gasteiger partial charge on any atom is -0.357 e. The van der Waals surface area contributed by atoms with Crippen molar-refractivity contribution in [1.29, 1.82) is 0 Å². The summed E-state index contributed by atoms with van der Waals surface area (Å²) in [5.74, 6) is 0.714. The predicted octanol–water partition coefficient (Wildman–Crippen LogP) is 2.87. The lowest BCUT2D eigenvalue weighted by atomic mass is 9.84. The molecule has 5 nitrogen and oxygen atoms in total. The molecular formula is C23H38FN5. The zero-order chi connectivity index (χ0) is 20.5. The summed E-state index contributed by atoms with van der Waals surface area (Å²) in [6, 6.07) is 7.00. The number of benzene rings is 1. The normalized spacial score (nSPS) is 21.1. The van der Waals surface area contributed by atoms with Crippen LogP contribution in [0.15, 0.2) is 29.3 Å². The van der Waals surface area contributed by atoms with Gasteiger partial charge in [0.25, 0.3) is 0 Å². The zero-order valence-corrected chi connectivity index (χ0v) is 18.2. The molecule has 0 unspecified atom stereocenters. The molecule has 1 aromatic rings. The van der Waals surface area contributed by atoms with Crippen LogP contribution < -0.4 is 10.6 Å². The third-order valence-corrected chi connectivity index (χ3v) is 6.46. The summed E-state index contributed by atoms with van der Waals surface area (Å²) in [6.45, 7) is 9.11. The molecule has 2 fully saturated rings. The Balaban J connectivity index is 1.63. The lowest BCUT2D eigenvalue weighted by Gasteiger charge is -2.49. The molecule has 2 aliphatic heterocycles. The van der Waals surface area contributed by atoms with E-state index < -0.39 is 0 Å². The molecule has 29 heavy (non-hydrogen) atoms. The second-order valence-electron chi connectivity index (χ2n) is 8.54. The summed E-state index contributed by atoms with van der Waals surface area (Å²) in [5.41, 5.74) is 0.928. The lowest BCUT2D eigenvalue weighted by Crippen LogP contribution is -2.58. The molecule has 3 rings (SSSR count). The third-order valence-electron chi connectivity index (χ3n) is 6.46. The topological polar surface area (TPSA) is 42.9 Å². The van der Waals surface area contributed by atoms with Gasteiger partial charge in [-0.3, -0.25) is 9.89 Å². The molecule has 0 atom stereocenters. The molecule has 0 aromatic heterocycles. The molecule has 0 saturated carbocycles. The van der Waals surface area contributed by atoms with Crippen LogP contribution in [-0.2, 0) is 6.42 Å². The van der Waals surface area contributed by atoms with Crippen molar-refractivity contribution in [3.63, 3.8) is 0 Å². The number of halogens is 1. The van der Waals surface area contributed by atoms with Crippen LogP contribution in [0.5, 0.6) is 0 Å². The van der Waals surface area contributed by atoms with E-state index in [1.165, 1.54) is 51.3 Å². The summed E-state index contributed by atoms with van der Waals surface area (Å²) < 4.78 is 13.9. The van der Waals surface area contributed by atoms with Gasteiger partial charge >= 0.3 is 0 Å². The van der Waals surface area contributed by atoms with Crippen molar-refractivity contribution >= 4 is 5.96 Å². The van der Waals surface area contributed by atoms with Gasteiger partial charge in [0, 0.05) is 18.6 Å². The van der Waals surface area contributed by atoms with Crippen LogP contribution in [0.2, 0.25) is 0 Å². The molecule has 2 saturated heterocycles. The van der Waals surface area contributed by atoms with E-state index in [0.717, 1.165) is 37.7 Å². The van der Waals surface area contributed by atoms with Gasteiger partial charge in [-0.2, -0.15) is 0 Å². The second-order valence-corrected chi connectivity index (χ2v) is 8.54. The maximum absolute atomic E-state index is 13.9. The summed E-state index contributed by atoms with van der Waals surface area (Å²) in [6.07, 6.45) is 6.99. The number of nitrogens with one attached hydrogen (secondary N) is 2. The molecule has 0 bridgehead atoms. The average Bonchev–Trinajstić information content (AvgIpc) is 2.75. The average molecular weight is 404 g/mol. The summed E-state index contributed by atoms with van der Waals surface area (Å²) >= 11 is 0. The maximum atomic E-state index is 13.9. The van der Waals surface area contributed by atoms with Crippen LogP contribution in [0, 0.1) is 5.82 Å². The van der Waals surface area contributed by atoms with Gasteiger partial charge in [-0.05, 0) is 83.9 Å². The molecule has 2 heterocycles. The van der Waals surface area contributed by atoms with Crippen LogP contribution >= 0.6 is 0 Å². The van der Waals surface area contributed by atoms with Gasteiger partial charge in [0.2, 0.25) is 0 Å². The Morgan fingerprint density at radius 3 is 2.48 bits per heavy atom. The van der Waals surface area contributed by atoms with Crippen molar-refractivity contribution < 1.29 is 4.39 Å². The quantitative estimate of drug-likeness (QED) is 0.543. The van der Waals surface area contributed by atoms with E-state index in [4.69, 9.17) is 4.99 Å². The van der Waals surface area contributed by atoms with Gasteiger partial charge in [0.15, 0.2) is 5.96 Å². The van der Waals surface area contributed by atoms with Gasteiger partial charge in [-0.1, -0.05) is 24.6 Å². The monoisotopic (exact) mass is 403 g/mol. The minimum absolute atomic E-state index is 0.133. The van der Waals surface area contributed by atoms with Gasteiger partial charge < -0.3 is 15.5 Å². The van der Waals surface area contributed by atoms with Crippen molar-refractivity contribution in [3.8, 4) is 0 Å². The number of hydrogen-bond donors (Lipinski definition) is 2. The Bertz CT molecular complexity index is 648. The largest absolute Gasteiger partial charge is 0.357 e. The molecule has 0 amide bonds. The van der Waals surface area contributed by atoms with Crippen LogP contribution in [0.25, 0.3) is 0 Å². The number of aliphatic imine (C=N–C) groups is 1. The Kier molecular flexibility index (Phi) is 8.30. The van der Waals surface area contributed by atoms with E-state index in [0.29, 0.717) is 13.0 Å². The highest BCUT2D eigenvalue weighted by molar-refractivity contribution is 5.79. The minimum atomic E-state index is -0.133. The highest BCUT2D eigenvalue weighted by Gasteiger charge is 2.39. The molecule has 1 aromatic carbocycles. The number of guanidine groups is 1. The number of piperidine rings is 2. The van der Waals surface area contributed by atoms with Gasteiger partial charge in [-0.15, -0.1) is 0 Å². The van der Waals surface area contributed by atoms with E-state index in [2.05, 4.69) is 34.4 Å². The molecule has 0 spiro atoms. The smallest absolute Gasteiger partial charge is 0.191 e. The number of likely N-dealkylation sites (tertiary alicyclic amines) is 2. The van der Waals surface area contributed by atoms with E-state index >= 15 is 0 Å². The van der Waals surface area contributed by atoms with Crippen molar-refractivity contribution in [2.24, 2.45) is 4.99 Å². The van der Waals surface area contributed by atoms with Crippen molar-refractivity contribution in [1.82, 2.24) is 20.4 Å². The molecule has 0 aliphatic carbocycles. The molecule has 162 valence electrons. The number of nitrogens with zero attached hydrogens (tertiary/aromatic N) is 3. The predicted molar refractivity (Wildman–Crippen MR) is 119 cm³/mol. The fourth-order valence-electron chi connectivity index (χ4n) is 4.56. The summed E-state index contributed by atoms with van der Waals surface area (Å²) in [5, 5.41) is 6.78. The standard InChI is InChI=1S/C23H38FN5/c1-3-25-22(26-14-11-20-9-5-6-10-21(20)24)27-19-23(12-17-28(2)18-13-23)29-15-7-4-8-16-29/h5-6,9-10H,3-4,7-8,11-19H2,1-2H3,(H2,25,26,27). The maximum Gasteiger partial charge on any atom is 0.191 e. The summed E-state index contributed by atoms with van der Waals surface area (Å²) in [4.78, 5) is 10.2. The molecule has 6 heteroatoms. The van der Waals surface area contributed by atoms with Crippen LogP contribution in [0.4, 0.5) is 4.39 Å². The van der Waals surface area contributed by atoms with Crippen molar-refractivity contribution in [2.75, 3.05) is 52.9 Å². The highest BCUT2D eigenvalue weighted by Crippen LogP contribution is 2.31. The number of rotatable bonds is 7. The van der Waals surface area contributed by atoms with Crippen LogP contribution in [-0.4, -0.2) is 74.2 Å². The van der Waals surface area contributed by atoms with Crippen LogP contribution in [0.3, 0.4) is 0 Å². The van der Waals surface area contributed by atoms with Crippen molar-refractivity contribution in [2.45, 2.75) is 51.0 Å². The molecular weight excluding hydrogens is 365 g/mol. The number of hydrogen-bond acceptors (Lipinski definition) is 3. The fourth-order valence-corrected chi connectivity index (χ4v) is 4.56. The molecule has 0 radical (unpaired) electrons. The Hall–Kier alpha value is -1.66. The Morgan fingerprint density at radius 1 is 1.07 bits per heavy atom. The Morgan fingerprint density at radius 2 is 1.79 bits per heavy atom. The first kappa shape index (κ1) is 22.0. The molecule has 2 aliphatic rings. The lowest BCUT2D eigenvalue weighted by molar-refractivity contribution is 0.0208. The van der Waals surface area contributed by atoms with Crippen LogP contribution in [0.1, 0.15) is 44.6 Å². The fraction of sp³-hybridized carbons (Fsp3) is 0.696. The molecule has 2 N–H and O–H groups in total.